The summed E-state index contributed by atoms with van der Waals surface area (Å²) < 4.78 is 39.9. The molecule has 0 amide bonds. The van der Waals surface area contributed by atoms with Crippen molar-refractivity contribution in [3.05, 3.63) is 54.1 Å². The van der Waals surface area contributed by atoms with Crippen LogP contribution in [0.15, 0.2) is 48.5 Å². The molecule has 100 valence electrons. The molecule has 0 radical (unpaired) electrons. The number of halogens is 4. The highest BCUT2D eigenvalue weighted by molar-refractivity contribution is 9.08. The zero-order valence-corrected chi connectivity index (χ0v) is 11.3. The van der Waals surface area contributed by atoms with Crippen LogP contribution >= 0.6 is 15.9 Å². The van der Waals surface area contributed by atoms with Crippen LogP contribution < -0.4 is 4.74 Å². The molecule has 0 saturated carbocycles. The van der Waals surface area contributed by atoms with Gasteiger partial charge in [-0.05, 0) is 28.8 Å². The van der Waals surface area contributed by atoms with Crippen LogP contribution in [0.25, 0.3) is 11.1 Å². The fourth-order valence-corrected chi connectivity index (χ4v) is 2.01. The van der Waals surface area contributed by atoms with Gasteiger partial charge >= 0.3 is 6.36 Å². The van der Waals surface area contributed by atoms with Gasteiger partial charge in [0.25, 0.3) is 0 Å². The van der Waals surface area contributed by atoms with Crippen molar-refractivity contribution < 1.29 is 17.9 Å². The SMILES string of the molecule is FC(F)(F)Oc1ccc(-c2ccc(CBr)cc2)cc1. The van der Waals surface area contributed by atoms with E-state index in [4.69, 9.17) is 0 Å². The lowest BCUT2D eigenvalue weighted by atomic mass is 10.0. The van der Waals surface area contributed by atoms with Gasteiger partial charge in [-0.3, -0.25) is 0 Å². The predicted molar refractivity (Wildman–Crippen MR) is 71.2 cm³/mol. The third-order valence-electron chi connectivity index (χ3n) is 2.53. The van der Waals surface area contributed by atoms with Crippen molar-refractivity contribution in [1.29, 1.82) is 0 Å². The molecule has 5 heteroatoms. The fraction of sp³-hybridized carbons (Fsp3) is 0.143. The molecule has 0 aromatic heterocycles. The Morgan fingerprint density at radius 2 is 1.32 bits per heavy atom. The van der Waals surface area contributed by atoms with E-state index < -0.39 is 6.36 Å². The minimum absolute atomic E-state index is 0.215. The molecule has 2 rings (SSSR count). The van der Waals surface area contributed by atoms with Crippen LogP contribution in [-0.2, 0) is 5.33 Å². The van der Waals surface area contributed by atoms with Crippen LogP contribution in [0.1, 0.15) is 5.56 Å². The number of hydrogen-bond donors (Lipinski definition) is 0. The van der Waals surface area contributed by atoms with E-state index in [9.17, 15) is 13.2 Å². The molecule has 0 atom stereocenters. The van der Waals surface area contributed by atoms with Gasteiger partial charge in [0.1, 0.15) is 5.75 Å². The van der Waals surface area contributed by atoms with Gasteiger partial charge in [0.05, 0.1) is 0 Å². The summed E-state index contributed by atoms with van der Waals surface area (Å²) in [5, 5.41) is 0.769. The molecule has 0 aliphatic carbocycles. The Labute approximate surface area is 117 Å². The molecular formula is C14H10BrF3O. The van der Waals surface area contributed by atoms with Crippen LogP contribution in [0.2, 0.25) is 0 Å². The molecule has 0 spiro atoms. The van der Waals surface area contributed by atoms with E-state index in [0.29, 0.717) is 0 Å². The number of rotatable bonds is 3. The van der Waals surface area contributed by atoms with Gasteiger partial charge in [0.15, 0.2) is 0 Å². The predicted octanol–water partition coefficient (Wildman–Crippen LogP) is 5.15. The van der Waals surface area contributed by atoms with Gasteiger partial charge < -0.3 is 4.74 Å². The molecular weight excluding hydrogens is 321 g/mol. The van der Waals surface area contributed by atoms with Gasteiger partial charge in [-0.1, -0.05) is 52.3 Å². The van der Waals surface area contributed by atoms with Crippen molar-refractivity contribution in [3.63, 3.8) is 0 Å². The molecule has 0 bridgehead atoms. The van der Waals surface area contributed by atoms with E-state index >= 15 is 0 Å². The average molecular weight is 331 g/mol. The molecule has 19 heavy (non-hydrogen) atoms. The summed E-state index contributed by atoms with van der Waals surface area (Å²) in [5.41, 5.74) is 2.93. The van der Waals surface area contributed by atoms with Crippen molar-refractivity contribution in [2.24, 2.45) is 0 Å². The highest BCUT2D eigenvalue weighted by Crippen LogP contribution is 2.26. The van der Waals surface area contributed by atoms with Crippen LogP contribution in [0.3, 0.4) is 0 Å². The zero-order chi connectivity index (χ0) is 13.9. The van der Waals surface area contributed by atoms with Crippen LogP contribution in [0, 0.1) is 0 Å². The Morgan fingerprint density at radius 1 is 0.842 bits per heavy atom. The van der Waals surface area contributed by atoms with Crippen LogP contribution in [-0.4, -0.2) is 6.36 Å². The van der Waals surface area contributed by atoms with E-state index in [1.165, 1.54) is 12.1 Å². The van der Waals surface area contributed by atoms with Gasteiger partial charge in [0, 0.05) is 5.33 Å². The summed E-state index contributed by atoms with van der Waals surface area (Å²) in [6.45, 7) is 0. The molecule has 1 nitrogen and oxygen atoms in total. The van der Waals surface area contributed by atoms with E-state index in [1.54, 1.807) is 12.1 Å². The number of ether oxygens (including phenoxy) is 1. The summed E-state index contributed by atoms with van der Waals surface area (Å²) in [7, 11) is 0. The number of hydrogen-bond acceptors (Lipinski definition) is 1. The summed E-state index contributed by atoms with van der Waals surface area (Å²) >= 11 is 3.35. The first-order valence-corrected chi connectivity index (χ1v) is 6.61. The molecule has 0 heterocycles. The zero-order valence-electron chi connectivity index (χ0n) is 9.75. The normalized spacial score (nSPS) is 11.4. The maximum absolute atomic E-state index is 12.0. The van der Waals surface area contributed by atoms with Crippen molar-refractivity contribution in [3.8, 4) is 16.9 Å². The van der Waals surface area contributed by atoms with Gasteiger partial charge in [0.2, 0.25) is 0 Å². The molecule has 0 unspecified atom stereocenters. The first-order valence-electron chi connectivity index (χ1n) is 5.49. The maximum atomic E-state index is 12.0. The molecule has 0 saturated heterocycles. The number of benzene rings is 2. The van der Waals surface area contributed by atoms with Crippen molar-refractivity contribution >= 4 is 15.9 Å². The van der Waals surface area contributed by atoms with Gasteiger partial charge in [-0.2, -0.15) is 0 Å². The van der Waals surface area contributed by atoms with Crippen LogP contribution in [0.5, 0.6) is 5.75 Å². The largest absolute Gasteiger partial charge is 0.573 e. The monoisotopic (exact) mass is 330 g/mol. The quantitative estimate of drug-likeness (QED) is 0.707. The molecule has 0 fully saturated rings. The highest BCUT2D eigenvalue weighted by Gasteiger charge is 2.30. The van der Waals surface area contributed by atoms with E-state index in [1.807, 2.05) is 24.3 Å². The van der Waals surface area contributed by atoms with Crippen LogP contribution in [0.4, 0.5) is 13.2 Å². The van der Waals surface area contributed by atoms with E-state index in [-0.39, 0.29) is 5.75 Å². The van der Waals surface area contributed by atoms with E-state index in [2.05, 4.69) is 20.7 Å². The lowest BCUT2D eigenvalue weighted by Gasteiger charge is -2.09. The molecule has 2 aromatic carbocycles. The molecule has 0 aliphatic rings. The van der Waals surface area contributed by atoms with Gasteiger partial charge in [-0.15, -0.1) is 13.2 Å². The summed E-state index contributed by atoms with van der Waals surface area (Å²) in [6, 6.07) is 13.6. The second-order valence-corrected chi connectivity index (χ2v) is 4.46. The molecule has 0 N–H and O–H groups in total. The van der Waals surface area contributed by atoms with E-state index in [0.717, 1.165) is 22.0 Å². The van der Waals surface area contributed by atoms with Crippen molar-refractivity contribution in [2.45, 2.75) is 11.7 Å². The standard InChI is InChI=1S/C14H10BrF3O/c15-9-10-1-3-11(4-2-10)12-5-7-13(8-6-12)19-14(16,17)18/h1-8H,9H2. The minimum atomic E-state index is -4.65. The van der Waals surface area contributed by atoms with Gasteiger partial charge in [-0.25, -0.2) is 0 Å². The summed E-state index contributed by atoms with van der Waals surface area (Å²) in [5.74, 6) is -0.215. The molecule has 0 aliphatic heterocycles. The maximum Gasteiger partial charge on any atom is 0.573 e. The topological polar surface area (TPSA) is 9.23 Å². The fourth-order valence-electron chi connectivity index (χ4n) is 1.64. The Morgan fingerprint density at radius 3 is 1.74 bits per heavy atom. The number of alkyl halides is 4. The molecule has 2 aromatic rings. The van der Waals surface area contributed by atoms with Crippen molar-refractivity contribution in [1.82, 2.24) is 0 Å². The second-order valence-electron chi connectivity index (χ2n) is 3.90. The first kappa shape index (κ1) is 13.9. The lowest BCUT2D eigenvalue weighted by Crippen LogP contribution is -2.16. The Hall–Kier alpha value is -1.49. The lowest BCUT2D eigenvalue weighted by molar-refractivity contribution is -0.274. The summed E-state index contributed by atoms with van der Waals surface area (Å²) in [4.78, 5) is 0. The Kier molecular flexibility index (Phi) is 4.14. The Bertz CT molecular complexity index is 532. The summed E-state index contributed by atoms with van der Waals surface area (Å²) in [6.07, 6.45) is -4.65. The minimum Gasteiger partial charge on any atom is -0.406 e. The highest BCUT2D eigenvalue weighted by atomic mass is 79.9. The van der Waals surface area contributed by atoms with Crippen molar-refractivity contribution in [2.75, 3.05) is 0 Å². The third-order valence-corrected chi connectivity index (χ3v) is 3.18. The third kappa shape index (κ3) is 3.99. The Balaban J connectivity index is 2.17. The average Bonchev–Trinajstić information content (AvgIpc) is 2.38. The smallest absolute Gasteiger partial charge is 0.406 e. The first-order chi connectivity index (χ1) is 8.98. The second kappa shape index (κ2) is 5.65.